The molecule has 0 aromatic carbocycles. The fourth-order valence-electron chi connectivity index (χ4n) is 2.75. The van der Waals surface area contributed by atoms with Gasteiger partial charge >= 0.3 is 0 Å². The molecular weight excluding hydrogens is 344 g/mol. The van der Waals surface area contributed by atoms with Crippen molar-refractivity contribution in [2.45, 2.75) is 44.2 Å². The molecule has 1 aliphatic carbocycles. The highest BCUT2D eigenvalue weighted by atomic mass is 32.2. The highest BCUT2D eigenvalue weighted by molar-refractivity contribution is 8.00. The quantitative estimate of drug-likeness (QED) is 0.604. The van der Waals surface area contributed by atoms with E-state index in [1.165, 1.54) is 28.6 Å². The number of aromatic nitrogens is 2. The average Bonchev–Trinajstić information content (AvgIpc) is 3.10. The second-order valence-corrected chi connectivity index (χ2v) is 8.05. The number of thiophene rings is 1. The Morgan fingerprint density at radius 1 is 1.29 bits per heavy atom. The van der Waals surface area contributed by atoms with Gasteiger partial charge in [0, 0.05) is 16.3 Å². The molecule has 0 spiro atoms. The fraction of sp³-hybridized carbons (Fsp3) is 0.500. The van der Waals surface area contributed by atoms with Crippen LogP contribution in [0.5, 0.6) is 0 Å². The third kappa shape index (κ3) is 3.87. The highest BCUT2D eigenvalue weighted by Gasteiger charge is 2.21. The van der Waals surface area contributed by atoms with Crippen molar-refractivity contribution in [3.63, 3.8) is 0 Å². The second-order valence-electron chi connectivity index (χ2n) is 6.00. The monoisotopic (exact) mass is 364 g/mol. The number of rotatable bonds is 6. The molecule has 6 nitrogen and oxygen atoms in total. The van der Waals surface area contributed by atoms with E-state index in [4.69, 9.17) is 0 Å². The van der Waals surface area contributed by atoms with E-state index in [-0.39, 0.29) is 30.2 Å². The van der Waals surface area contributed by atoms with Gasteiger partial charge in [-0.25, -0.2) is 9.97 Å². The van der Waals surface area contributed by atoms with Crippen molar-refractivity contribution in [2.24, 2.45) is 0 Å². The maximum Gasteiger partial charge on any atom is 0.239 e. The molecule has 0 atom stereocenters. The zero-order valence-electron chi connectivity index (χ0n) is 13.7. The summed E-state index contributed by atoms with van der Waals surface area (Å²) in [5.41, 5.74) is 1.36. The van der Waals surface area contributed by atoms with Gasteiger partial charge in [0.25, 0.3) is 0 Å². The first-order valence-corrected chi connectivity index (χ1v) is 9.79. The molecule has 1 aliphatic rings. The Morgan fingerprint density at radius 2 is 2.12 bits per heavy atom. The first-order chi connectivity index (χ1) is 11.5. The lowest BCUT2D eigenvalue weighted by Crippen LogP contribution is -2.40. The topological polar surface area (TPSA) is 84.0 Å². The number of carbonyl (C=O) groups is 2. The third-order valence-corrected chi connectivity index (χ3v) is 5.89. The Bertz CT molecular complexity index is 773. The van der Waals surface area contributed by atoms with Gasteiger partial charge in [0.05, 0.1) is 12.3 Å². The van der Waals surface area contributed by atoms with E-state index in [9.17, 15) is 9.59 Å². The molecular formula is C16H20N4O2S2. The van der Waals surface area contributed by atoms with Crippen LogP contribution in [0.3, 0.4) is 0 Å². The number of carbonyl (C=O) groups excluding carboxylic acids is 2. The average molecular weight is 364 g/mol. The van der Waals surface area contributed by atoms with Gasteiger partial charge in [-0.2, -0.15) is 0 Å². The Morgan fingerprint density at radius 3 is 2.92 bits per heavy atom. The molecule has 0 radical (unpaired) electrons. The largest absolute Gasteiger partial charge is 0.352 e. The number of amides is 2. The van der Waals surface area contributed by atoms with E-state index in [0.29, 0.717) is 0 Å². The van der Waals surface area contributed by atoms with Crippen LogP contribution in [-0.2, 0) is 22.4 Å². The Hall–Kier alpha value is -1.67. The lowest BCUT2D eigenvalue weighted by Gasteiger charge is -2.09. The van der Waals surface area contributed by atoms with Crippen molar-refractivity contribution >= 4 is 45.1 Å². The zero-order valence-corrected chi connectivity index (χ0v) is 15.4. The standard InChI is InChI=1S/C16H20N4O2S2/c1-9(2)20-12(21)6-17-13(22)7-23-15-14-10-4-3-5-11(10)24-16(14)19-8-18-15/h8-9H,3-7H2,1-2H3,(H,17,22)(H,20,21). The van der Waals surface area contributed by atoms with Gasteiger partial charge in [0.15, 0.2) is 0 Å². The maximum atomic E-state index is 12.0. The number of hydrogen-bond donors (Lipinski definition) is 2. The molecule has 2 aromatic rings. The van der Waals surface area contributed by atoms with Crippen molar-refractivity contribution in [2.75, 3.05) is 12.3 Å². The summed E-state index contributed by atoms with van der Waals surface area (Å²) in [6.45, 7) is 3.77. The molecule has 0 saturated heterocycles. The molecule has 2 aromatic heterocycles. The molecule has 0 unspecified atom stereocenters. The first kappa shape index (κ1) is 17.2. The number of nitrogens with one attached hydrogen (secondary N) is 2. The molecule has 24 heavy (non-hydrogen) atoms. The SMILES string of the molecule is CC(C)NC(=O)CNC(=O)CSc1ncnc2sc3c(c12)CCC3. The number of thioether (sulfide) groups is 1. The summed E-state index contributed by atoms with van der Waals surface area (Å²) in [6.07, 6.45) is 4.93. The molecule has 0 fully saturated rings. The summed E-state index contributed by atoms with van der Waals surface area (Å²) in [5, 5.41) is 7.36. The van der Waals surface area contributed by atoms with Gasteiger partial charge in [0.1, 0.15) is 16.2 Å². The zero-order chi connectivity index (χ0) is 17.1. The van der Waals surface area contributed by atoms with Crippen LogP contribution in [0.1, 0.15) is 30.7 Å². The van der Waals surface area contributed by atoms with E-state index in [1.807, 2.05) is 13.8 Å². The van der Waals surface area contributed by atoms with Crippen molar-refractivity contribution < 1.29 is 9.59 Å². The number of fused-ring (bicyclic) bond motifs is 3. The van der Waals surface area contributed by atoms with Crippen LogP contribution < -0.4 is 10.6 Å². The summed E-state index contributed by atoms with van der Waals surface area (Å²) in [5.74, 6) is -0.105. The van der Waals surface area contributed by atoms with Crippen LogP contribution in [0.15, 0.2) is 11.4 Å². The number of aryl methyl sites for hydroxylation is 2. The van der Waals surface area contributed by atoms with E-state index >= 15 is 0 Å². The highest BCUT2D eigenvalue weighted by Crippen LogP contribution is 2.39. The fourth-order valence-corrected chi connectivity index (χ4v) is 4.90. The van der Waals surface area contributed by atoms with E-state index < -0.39 is 0 Å². The Labute approximate surface area is 148 Å². The first-order valence-electron chi connectivity index (χ1n) is 7.98. The molecule has 128 valence electrons. The molecule has 2 N–H and O–H groups in total. The van der Waals surface area contributed by atoms with Crippen LogP contribution in [0, 0.1) is 0 Å². The van der Waals surface area contributed by atoms with Gasteiger partial charge in [-0.15, -0.1) is 11.3 Å². The van der Waals surface area contributed by atoms with Gasteiger partial charge in [0.2, 0.25) is 11.8 Å². The molecule has 2 amide bonds. The molecule has 8 heteroatoms. The molecule has 0 bridgehead atoms. The van der Waals surface area contributed by atoms with E-state index in [1.54, 1.807) is 17.7 Å². The lowest BCUT2D eigenvalue weighted by atomic mass is 10.2. The van der Waals surface area contributed by atoms with Gasteiger partial charge < -0.3 is 10.6 Å². The van der Waals surface area contributed by atoms with Gasteiger partial charge in [-0.1, -0.05) is 11.8 Å². The van der Waals surface area contributed by atoms with Crippen molar-refractivity contribution in [3.05, 3.63) is 16.8 Å². The minimum atomic E-state index is -0.177. The minimum Gasteiger partial charge on any atom is -0.352 e. The summed E-state index contributed by atoms with van der Waals surface area (Å²) in [4.78, 5) is 34.6. The minimum absolute atomic E-state index is 0.00457. The van der Waals surface area contributed by atoms with Crippen molar-refractivity contribution in [3.8, 4) is 0 Å². The number of hydrogen-bond acceptors (Lipinski definition) is 6. The van der Waals surface area contributed by atoms with Gasteiger partial charge in [-0.3, -0.25) is 9.59 Å². The van der Waals surface area contributed by atoms with Crippen LogP contribution in [-0.4, -0.2) is 40.1 Å². The Kier molecular flexibility index (Phi) is 5.35. The molecule has 3 rings (SSSR count). The van der Waals surface area contributed by atoms with Crippen LogP contribution in [0.4, 0.5) is 0 Å². The predicted molar refractivity (Wildman–Crippen MR) is 96.5 cm³/mol. The van der Waals surface area contributed by atoms with E-state index in [0.717, 1.165) is 28.1 Å². The lowest BCUT2D eigenvalue weighted by molar-refractivity contribution is -0.125. The molecule has 0 aliphatic heterocycles. The van der Waals surface area contributed by atoms with E-state index in [2.05, 4.69) is 20.6 Å². The predicted octanol–water partition coefficient (Wildman–Crippen LogP) is 1.91. The van der Waals surface area contributed by atoms with Crippen LogP contribution in [0.25, 0.3) is 10.2 Å². The number of nitrogens with zero attached hydrogens (tertiary/aromatic N) is 2. The maximum absolute atomic E-state index is 12.0. The summed E-state index contributed by atoms with van der Waals surface area (Å²) in [6, 6.07) is 0.0683. The van der Waals surface area contributed by atoms with Crippen molar-refractivity contribution in [1.82, 2.24) is 20.6 Å². The normalized spacial score (nSPS) is 13.3. The second kappa shape index (κ2) is 7.48. The summed E-state index contributed by atoms with van der Waals surface area (Å²) >= 11 is 3.14. The van der Waals surface area contributed by atoms with Crippen molar-refractivity contribution in [1.29, 1.82) is 0 Å². The van der Waals surface area contributed by atoms with Gasteiger partial charge in [-0.05, 0) is 38.7 Å². The van der Waals surface area contributed by atoms with Crippen LogP contribution in [0.2, 0.25) is 0 Å². The Balaban J connectivity index is 1.60. The smallest absolute Gasteiger partial charge is 0.239 e. The summed E-state index contributed by atoms with van der Waals surface area (Å²) < 4.78 is 0. The molecule has 2 heterocycles. The van der Waals surface area contributed by atoms with Crippen LogP contribution >= 0.6 is 23.1 Å². The third-order valence-electron chi connectivity index (χ3n) is 3.70. The molecule has 0 saturated carbocycles. The summed E-state index contributed by atoms with van der Waals surface area (Å²) in [7, 11) is 0.